The number of hydrogen-bond acceptors (Lipinski definition) is 3. The molecule has 0 aliphatic rings. The maximum absolute atomic E-state index is 5.52. The van der Waals surface area contributed by atoms with E-state index >= 15 is 0 Å². The van der Waals surface area contributed by atoms with Gasteiger partial charge in [0.1, 0.15) is 3.41 Å². The van der Waals surface area contributed by atoms with Crippen LogP contribution in [0.3, 0.4) is 0 Å². The Morgan fingerprint density at radius 1 is 1.43 bits per heavy atom. The second-order valence-corrected chi connectivity index (χ2v) is 5.13. The Labute approximate surface area is 65.2 Å². The van der Waals surface area contributed by atoms with Gasteiger partial charge in [-0.05, 0) is 6.92 Å². The van der Waals surface area contributed by atoms with Gasteiger partial charge in [-0.2, -0.15) is 0 Å². The van der Waals surface area contributed by atoms with E-state index in [0.717, 1.165) is 0 Å². The lowest BCUT2D eigenvalue weighted by Crippen LogP contribution is -2.15. The molecule has 0 amide bonds. The first-order valence-electron chi connectivity index (χ1n) is 1.76. The molecule has 0 rings (SSSR count). The third kappa shape index (κ3) is 3.88. The monoisotopic (exact) mass is 174 g/mol. The number of halogens is 1. The molecule has 0 radical (unpaired) electrons. The fourth-order valence-corrected chi connectivity index (χ4v) is 0. The Morgan fingerprint density at radius 2 is 1.57 bits per heavy atom. The molecule has 0 aromatic heterocycles. The van der Waals surface area contributed by atoms with E-state index in [0.29, 0.717) is 0 Å². The highest BCUT2D eigenvalue weighted by molar-refractivity contribution is 8.17. The molecule has 0 nitrogen and oxygen atoms in total. The summed E-state index contributed by atoms with van der Waals surface area (Å²) in [7, 11) is 0. The van der Waals surface area contributed by atoms with E-state index in [1.165, 1.54) is 0 Å². The summed E-state index contributed by atoms with van der Waals surface area (Å²) in [5.74, 6) is 0. The van der Waals surface area contributed by atoms with Crippen molar-refractivity contribution in [3.63, 3.8) is 0 Å². The Morgan fingerprint density at radius 3 is 1.57 bits per heavy atom. The maximum Gasteiger partial charge on any atom is 0.114 e. The summed E-state index contributed by atoms with van der Waals surface area (Å²) in [4.78, 5) is 0. The fraction of sp³-hybridized carbons (Fsp3) is 1.00. The zero-order valence-electron chi connectivity index (χ0n) is 3.80. The zero-order chi connectivity index (χ0) is 6.08. The van der Waals surface area contributed by atoms with Crippen LogP contribution >= 0.6 is 49.5 Å². The van der Waals surface area contributed by atoms with E-state index in [4.69, 9.17) is 11.6 Å². The molecular formula is C3H7ClS3. The summed E-state index contributed by atoms with van der Waals surface area (Å²) >= 11 is 17.4. The highest BCUT2D eigenvalue weighted by Gasteiger charge is 2.20. The molecule has 0 bridgehead atoms. The summed E-state index contributed by atoms with van der Waals surface area (Å²) in [6, 6.07) is 0. The summed E-state index contributed by atoms with van der Waals surface area (Å²) in [6.45, 7) is 1.79. The van der Waals surface area contributed by atoms with Crippen LogP contribution in [0.25, 0.3) is 0 Å². The fourth-order valence-electron chi connectivity index (χ4n) is 0. The summed E-state index contributed by atoms with van der Waals surface area (Å²) in [5, 5.41) is -0.137. The first kappa shape index (κ1) is 8.34. The lowest BCUT2D eigenvalue weighted by Gasteiger charge is -2.16. The highest BCUT2D eigenvalue weighted by atomic mass is 35.5. The van der Waals surface area contributed by atoms with Crippen LogP contribution in [-0.4, -0.2) is 8.79 Å². The van der Waals surface area contributed by atoms with Gasteiger partial charge in [0.25, 0.3) is 0 Å². The summed E-state index contributed by atoms with van der Waals surface area (Å²) in [5.41, 5.74) is 0. The van der Waals surface area contributed by atoms with E-state index < -0.39 is 3.41 Å². The Bertz CT molecular complexity index is 55.7. The van der Waals surface area contributed by atoms with Crippen molar-refractivity contribution in [3.05, 3.63) is 0 Å². The van der Waals surface area contributed by atoms with Gasteiger partial charge in [-0.3, -0.25) is 0 Å². The lowest BCUT2D eigenvalue weighted by atomic mass is 10.5. The minimum Gasteiger partial charge on any atom is -0.150 e. The molecular weight excluding hydrogens is 168 g/mol. The zero-order valence-corrected chi connectivity index (χ0v) is 7.24. The van der Waals surface area contributed by atoms with Crippen LogP contribution < -0.4 is 0 Å². The molecule has 1 unspecified atom stereocenters. The minimum absolute atomic E-state index is 0.137. The molecule has 44 valence electrons. The molecule has 0 aromatic rings. The smallest absolute Gasteiger partial charge is 0.114 e. The first-order valence-corrected chi connectivity index (χ1v) is 3.53. The molecule has 0 spiro atoms. The van der Waals surface area contributed by atoms with Crippen molar-refractivity contribution in [1.29, 1.82) is 0 Å². The van der Waals surface area contributed by atoms with E-state index in [-0.39, 0.29) is 5.38 Å². The van der Waals surface area contributed by atoms with Gasteiger partial charge in [-0.25, -0.2) is 0 Å². The third-order valence-electron chi connectivity index (χ3n) is 0.534. The van der Waals surface area contributed by atoms with Gasteiger partial charge in [-0.15, -0.1) is 49.5 Å². The van der Waals surface area contributed by atoms with Crippen LogP contribution in [-0.2, 0) is 0 Å². The van der Waals surface area contributed by atoms with Gasteiger partial charge in [0, 0.05) is 0 Å². The van der Waals surface area contributed by atoms with Crippen molar-refractivity contribution < 1.29 is 0 Å². The normalized spacial score (nSPS) is 16.7. The van der Waals surface area contributed by atoms with Crippen LogP contribution in [0.1, 0.15) is 6.92 Å². The van der Waals surface area contributed by atoms with E-state index in [2.05, 4.69) is 37.9 Å². The molecule has 0 N–H and O–H groups in total. The molecule has 0 aliphatic heterocycles. The van der Waals surface area contributed by atoms with Crippen molar-refractivity contribution in [2.45, 2.75) is 15.7 Å². The number of hydrogen-bond donors (Lipinski definition) is 3. The average molecular weight is 175 g/mol. The predicted octanol–water partition coefficient (Wildman–Crippen LogP) is 2.06. The molecule has 7 heavy (non-hydrogen) atoms. The molecule has 0 fully saturated rings. The van der Waals surface area contributed by atoms with Gasteiger partial charge in [0.15, 0.2) is 0 Å². The summed E-state index contributed by atoms with van der Waals surface area (Å²) < 4.78 is -0.651. The van der Waals surface area contributed by atoms with Crippen molar-refractivity contribution in [2.75, 3.05) is 0 Å². The van der Waals surface area contributed by atoms with E-state index in [9.17, 15) is 0 Å². The lowest BCUT2D eigenvalue weighted by molar-refractivity contribution is 1.04. The first-order chi connectivity index (χ1) is 2.94. The van der Waals surface area contributed by atoms with E-state index in [1.54, 1.807) is 6.92 Å². The molecule has 1 atom stereocenters. The second-order valence-electron chi connectivity index (χ2n) is 1.30. The van der Waals surface area contributed by atoms with Crippen LogP contribution in [0.2, 0.25) is 0 Å². The number of rotatable bonds is 1. The molecule has 0 saturated heterocycles. The Kier molecular flexibility index (Phi) is 3.29. The number of alkyl halides is 1. The van der Waals surface area contributed by atoms with Crippen LogP contribution in [0, 0.1) is 0 Å². The minimum atomic E-state index is -0.651. The van der Waals surface area contributed by atoms with Crippen molar-refractivity contribution in [1.82, 2.24) is 0 Å². The Hall–Kier alpha value is 1.34. The van der Waals surface area contributed by atoms with Gasteiger partial charge < -0.3 is 0 Å². The van der Waals surface area contributed by atoms with Gasteiger partial charge in [0.2, 0.25) is 0 Å². The third-order valence-corrected chi connectivity index (χ3v) is 2.48. The average Bonchev–Trinajstić information content (AvgIpc) is 1.31. The number of thiol groups is 3. The quantitative estimate of drug-likeness (QED) is 0.303. The van der Waals surface area contributed by atoms with E-state index in [1.807, 2.05) is 0 Å². The van der Waals surface area contributed by atoms with Gasteiger partial charge in [-0.1, -0.05) is 0 Å². The molecule has 4 heteroatoms. The topological polar surface area (TPSA) is 0 Å². The van der Waals surface area contributed by atoms with Gasteiger partial charge in [0.05, 0.1) is 5.38 Å². The molecule has 0 aliphatic carbocycles. The highest BCUT2D eigenvalue weighted by Crippen LogP contribution is 2.31. The molecule has 0 aromatic carbocycles. The van der Waals surface area contributed by atoms with Crippen LogP contribution in [0.4, 0.5) is 0 Å². The van der Waals surface area contributed by atoms with Gasteiger partial charge >= 0.3 is 0 Å². The molecule has 0 heterocycles. The Balaban J connectivity index is 3.54. The van der Waals surface area contributed by atoms with Crippen molar-refractivity contribution in [2.24, 2.45) is 0 Å². The largest absolute Gasteiger partial charge is 0.150 e. The predicted molar refractivity (Wildman–Crippen MR) is 45.0 cm³/mol. The SMILES string of the molecule is CC(Cl)C(S)(S)S. The molecule has 0 saturated carbocycles. The second kappa shape index (κ2) is 2.76. The van der Waals surface area contributed by atoms with Crippen LogP contribution in [0.5, 0.6) is 0 Å². The van der Waals surface area contributed by atoms with Crippen LogP contribution in [0.15, 0.2) is 0 Å². The standard InChI is InChI=1S/C3H7ClS3/c1-2(4)3(5,6)7/h2,5-7H,1H3. The van der Waals surface area contributed by atoms with Crippen molar-refractivity contribution >= 4 is 49.5 Å². The maximum atomic E-state index is 5.52. The van der Waals surface area contributed by atoms with Crippen molar-refractivity contribution in [3.8, 4) is 0 Å². The summed E-state index contributed by atoms with van der Waals surface area (Å²) in [6.07, 6.45) is 0.